The summed E-state index contributed by atoms with van der Waals surface area (Å²) < 4.78 is 5.99. The van der Waals surface area contributed by atoms with Crippen molar-refractivity contribution >= 4 is 11.9 Å². The lowest BCUT2D eigenvalue weighted by atomic mass is 9.49. The van der Waals surface area contributed by atoms with Crippen LogP contribution in [0.4, 0.5) is 0 Å². The van der Waals surface area contributed by atoms with Crippen molar-refractivity contribution in [3.8, 4) is 16.9 Å². The molecule has 222 valence electrons. The third-order valence-corrected chi connectivity index (χ3v) is 9.39. The predicted molar refractivity (Wildman–Crippen MR) is 169 cm³/mol. The highest BCUT2D eigenvalue weighted by Crippen LogP contribution is 2.62. The summed E-state index contributed by atoms with van der Waals surface area (Å²) in [5.74, 6) is -0.147. The zero-order valence-corrected chi connectivity index (χ0v) is 25.3. The summed E-state index contributed by atoms with van der Waals surface area (Å²) in [5.41, 5.74) is 2.98. The van der Waals surface area contributed by atoms with E-state index in [0.29, 0.717) is 17.6 Å². The molecule has 2 aromatic rings. The molecule has 3 fully saturated rings. The summed E-state index contributed by atoms with van der Waals surface area (Å²) in [6, 6.07) is 18.3. The van der Waals surface area contributed by atoms with Gasteiger partial charge >= 0.3 is 11.9 Å². The Morgan fingerprint density at radius 3 is 2.12 bits per heavy atom. The van der Waals surface area contributed by atoms with Crippen LogP contribution in [-0.2, 0) is 9.59 Å². The number of hydrogen-bond acceptors (Lipinski definition) is 3. The number of aliphatic carboxylic acids is 1. The highest BCUT2D eigenvalue weighted by atomic mass is 16.5. The second-order valence-electron chi connectivity index (χ2n) is 12.1. The molecule has 2 bridgehead atoms. The Bertz CT molecular complexity index is 1090. The van der Waals surface area contributed by atoms with Crippen molar-refractivity contribution in [2.75, 3.05) is 0 Å². The first kappa shape index (κ1) is 32.4. The molecule has 0 amide bonds. The van der Waals surface area contributed by atoms with Gasteiger partial charge in [0.1, 0.15) is 5.75 Å². The second-order valence-corrected chi connectivity index (χ2v) is 12.1. The lowest BCUT2D eigenvalue weighted by Crippen LogP contribution is -2.48. The standard InChI is InChI=1S/C31H40O2.C6H10O2/c1-3-5-10-18-30-19-22-31(23-20-30,24-21-30)28(13-6-4-2)29(32)33-27-16-14-26(15-17-27)25-11-8-7-9-12-25;1-2-3-4-5-6(7)8/h4,7-9,11-12,14-17,28H,2-3,5-6,10,13,18-24H2,1H3;2-3H,4-5H2,1H3,(H,7,8)/b;3-2+. The van der Waals surface area contributed by atoms with Crippen molar-refractivity contribution in [1.82, 2.24) is 0 Å². The predicted octanol–water partition coefficient (Wildman–Crippen LogP) is 10.2. The number of carboxylic acids is 1. The van der Waals surface area contributed by atoms with Crippen LogP contribution in [0.2, 0.25) is 0 Å². The zero-order valence-electron chi connectivity index (χ0n) is 25.3. The van der Waals surface area contributed by atoms with Crippen molar-refractivity contribution in [3.63, 3.8) is 0 Å². The summed E-state index contributed by atoms with van der Waals surface area (Å²) >= 11 is 0. The Morgan fingerprint density at radius 1 is 0.927 bits per heavy atom. The van der Waals surface area contributed by atoms with Gasteiger partial charge in [0.15, 0.2) is 0 Å². The van der Waals surface area contributed by atoms with Gasteiger partial charge in [0, 0.05) is 6.42 Å². The molecule has 0 heterocycles. The molecule has 4 nitrogen and oxygen atoms in total. The van der Waals surface area contributed by atoms with Crippen LogP contribution in [-0.4, -0.2) is 17.0 Å². The maximum atomic E-state index is 13.5. The SMILES string of the molecule is C/C=C/CCC(=O)O.C=CCCC(C(=O)Oc1ccc(-c2ccccc2)cc1)C12CCC(CCCCC)(CC1)CC2. The zero-order chi connectivity index (χ0) is 29.6. The number of carbonyl (C=O) groups is 2. The lowest BCUT2D eigenvalue weighted by molar-refractivity contribution is -0.151. The molecule has 41 heavy (non-hydrogen) atoms. The first-order chi connectivity index (χ1) is 19.9. The van der Waals surface area contributed by atoms with E-state index in [0.717, 1.165) is 18.4 Å². The number of ether oxygens (including phenoxy) is 1. The van der Waals surface area contributed by atoms with Crippen LogP contribution in [0.15, 0.2) is 79.4 Å². The highest BCUT2D eigenvalue weighted by molar-refractivity contribution is 5.76. The summed E-state index contributed by atoms with van der Waals surface area (Å²) in [6.07, 6.45) is 21.1. The molecule has 3 saturated carbocycles. The van der Waals surface area contributed by atoms with Gasteiger partial charge < -0.3 is 9.84 Å². The van der Waals surface area contributed by atoms with Gasteiger partial charge in [-0.25, -0.2) is 0 Å². The number of carbonyl (C=O) groups excluding carboxylic acids is 1. The quantitative estimate of drug-likeness (QED) is 0.108. The molecule has 2 aromatic carbocycles. The molecule has 3 aliphatic rings. The van der Waals surface area contributed by atoms with Crippen LogP contribution in [0.1, 0.15) is 104 Å². The summed E-state index contributed by atoms with van der Waals surface area (Å²) in [5, 5.41) is 8.11. The summed E-state index contributed by atoms with van der Waals surface area (Å²) in [6.45, 7) is 8.08. The largest absolute Gasteiger partial charge is 0.481 e. The van der Waals surface area contributed by atoms with Crippen LogP contribution in [0.5, 0.6) is 5.75 Å². The van der Waals surface area contributed by atoms with Crippen LogP contribution >= 0.6 is 0 Å². The Hall–Kier alpha value is -3.14. The van der Waals surface area contributed by atoms with E-state index in [9.17, 15) is 9.59 Å². The van der Waals surface area contributed by atoms with E-state index in [1.165, 1.54) is 69.8 Å². The number of hydrogen-bond donors (Lipinski definition) is 1. The maximum absolute atomic E-state index is 13.5. The molecule has 4 heteroatoms. The number of fused-ring (bicyclic) bond motifs is 3. The Kier molecular flexibility index (Phi) is 12.9. The van der Waals surface area contributed by atoms with Crippen molar-refractivity contribution in [1.29, 1.82) is 0 Å². The molecule has 1 unspecified atom stereocenters. The smallest absolute Gasteiger partial charge is 0.314 e. The van der Waals surface area contributed by atoms with Gasteiger partial charge in [0.25, 0.3) is 0 Å². The third-order valence-electron chi connectivity index (χ3n) is 9.39. The van der Waals surface area contributed by atoms with Crippen LogP contribution in [0.25, 0.3) is 11.1 Å². The third kappa shape index (κ3) is 9.45. The van der Waals surface area contributed by atoms with Crippen molar-refractivity contribution in [3.05, 3.63) is 79.4 Å². The monoisotopic (exact) mass is 558 g/mol. The minimum Gasteiger partial charge on any atom is -0.481 e. The Balaban J connectivity index is 0.000000507. The van der Waals surface area contributed by atoms with Crippen LogP contribution < -0.4 is 4.74 Å². The average Bonchev–Trinajstić information content (AvgIpc) is 3.00. The highest BCUT2D eigenvalue weighted by Gasteiger charge is 2.53. The molecule has 1 N–H and O–H groups in total. The van der Waals surface area contributed by atoms with Gasteiger partial charge in [-0.1, -0.05) is 86.9 Å². The molecule has 0 aliphatic heterocycles. The van der Waals surface area contributed by atoms with Gasteiger partial charge in [0.05, 0.1) is 5.92 Å². The first-order valence-electron chi connectivity index (χ1n) is 15.7. The topological polar surface area (TPSA) is 63.6 Å². The fourth-order valence-electron chi connectivity index (χ4n) is 6.81. The summed E-state index contributed by atoms with van der Waals surface area (Å²) in [4.78, 5) is 23.3. The van der Waals surface area contributed by atoms with E-state index < -0.39 is 5.97 Å². The van der Waals surface area contributed by atoms with Crippen molar-refractivity contribution in [2.24, 2.45) is 16.7 Å². The van der Waals surface area contributed by atoms with Gasteiger partial charge in [0.2, 0.25) is 0 Å². The Morgan fingerprint density at radius 2 is 1.56 bits per heavy atom. The van der Waals surface area contributed by atoms with Gasteiger partial charge in [-0.05, 0) is 105 Å². The molecular formula is C37H50O4. The fraction of sp³-hybridized carbons (Fsp3) is 0.514. The van der Waals surface area contributed by atoms with Gasteiger partial charge in [-0.2, -0.15) is 0 Å². The molecule has 0 spiro atoms. The van der Waals surface area contributed by atoms with E-state index in [2.05, 4.69) is 25.6 Å². The minimum absolute atomic E-state index is 0.0294. The van der Waals surface area contributed by atoms with Gasteiger partial charge in [-0.15, -0.1) is 6.58 Å². The van der Waals surface area contributed by atoms with E-state index >= 15 is 0 Å². The number of benzene rings is 2. The minimum atomic E-state index is -0.733. The number of unbranched alkanes of at least 4 members (excludes halogenated alkanes) is 2. The molecular weight excluding hydrogens is 508 g/mol. The maximum Gasteiger partial charge on any atom is 0.314 e. The van der Waals surface area contributed by atoms with Crippen molar-refractivity contribution < 1.29 is 19.4 Å². The van der Waals surface area contributed by atoms with E-state index in [4.69, 9.17) is 9.84 Å². The lowest BCUT2D eigenvalue weighted by Gasteiger charge is -2.56. The van der Waals surface area contributed by atoms with E-state index in [1.54, 1.807) is 0 Å². The number of allylic oxidation sites excluding steroid dienone is 3. The average molecular weight is 559 g/mol. The van der Waals surface area contributed by atoms with E-state index in [-0.39, 0.29) is 23.7 Å². The second kappa shape index (κ2) is 16.3. The molecule has 0 radical (unpaired) electrons. The normalized spacial score (nSPS) is 22.0. The molecule has 3 aliphatic carbocycles. The van der Waals surface area contributed by atoms with Gasteiger partial charge in [-0.3, -0.25) is 9.59 Å². The molecule has 5 rings (SSSR count). The molecule has 0 saturated heterocycles. The number of rotatable bonds is 14. The summed E-state index contributed by atoms with van der Waals surface area (Å²) in [7, 11) is 0. The van der Waals surface area contributed by atoms with Crippen LogP contribution in [0.3, 0.4) is 0 Å². The molecule has 0 aromatic heterocycles. The van der Waals surface area contributed by atoms with Crippen molar-refractivity contribution in [2.45, 2.75) is 104 Å². The molecule has 1 atom stereocenters. The number of carboxylic acid groups (broad SMARTS) is 1. The fourth-order valence-corrected chi connectivity index (χ4v) is 6.81. The van der Waals surface area contributed by atoms with E-state index in [1.807, 2.05) is 67.6 Å². The number of esters is 1. The first-order valence-corrected chi connectivity index (χ1v) is 15.7. The van der Waals surface area contributed by atoms with Crippen LogP contribution in [0, 0.1) is 16.7 Å². The Labute approximate surface area is 247 Å².